The maximum absolute atomic E-state index is 10.5. The number of benzene rings is 2. The quantitative estimate of drug-likeness (QED) is 0.226. The molecule has 0 aliphatic rings. The highest BCUT2D eigenvalue weighted by Gasteiger charge is 2.14. The Balaban J connectivity index is 0.000000346. The van der Waals surface area contributed by atoms with Crippen LogP contribution in [-0.2, 0) is 10.1 Å². The first-order valence-electron chi connectivity index (χ1n) is 8.27. The molecule has 2 aromatic rings. The molecular weight excluding hydrogens is 416 g/mol. The molecule has 0 unspecified atom stereocenters. The summed E-state index contributed by atoms with van der Waals surface area (Å²) < 4.78 is 45.2. The topological polar surface area (TPSA) is 165 Å². The summed E-state index contributed by atoms with van der Waals surface area (Å²) in [7, 11) is 0.520. The summed E-state index contributed by atoms with van der Waals surface area (Å²) in [5, 5.41) is 15.6. The lowest BCUT2D eigenvalue weighted by atomic mass is 10.2. The van der Waals surface area contributed by atoms with E-state index in [1.54, 1.807) is 29.7 Å². The number of nitrogens with zero attached hydrogens (tertiary/aromatic N) is 2. The van der Waals surface area contributed by atoms with Gasteiger partial charge in [-0.05, 0) is 31.2 Å². The van der Waals surface area contributed by atoms with Crippen molar-refractivity contribution in [3.63, 3.8) is 0 Å². The molecule has 2 rings (SSSR count). The molecule has 164 valence electrons. The molecule has 12 heteroatoms. The standard InChI is InChI=1S/C11H16N4O4.C7H8O3S/c1-17-8-5-4-7(6-13-14-11(12)15-16)9(18-2)10(8)19-3;1-6-2-4-7(5-3-6)11(8,9)10/h4-6,16H,1-3H3,(H3,12,14,15);2-5H,1H3,(H,8,9,10)/b13-6+;. The molecule has 0 atom stereocenters. The highest BCUT2D eigenvalue weighted by Crippen LogP contribution is 2.38. The Kier molecular flexibility index (Phi) is 9.55. The molecule has 0 fully saturated rings. The predicted molar refractivity (Wildman–Crippen MR) is 111 cm³/mol. The van der Waals surface area contributed by atoms with Crippen molar-refractivity contribution in [1.29, 1.82) is 0 Å². The van der Waals surface area contributed by atoms with E-state index < -0.39 is 10.1 Å². The minimum atomic E-state index is -4.02. The van der Waals surface area contributed by atoms with Crippen molar-refractivity contribution in [2.75, 3.05) is 21.3 Å². The molecule has 5 N–H and O–H groups in total. The number of aryl methyl sites for hydroxylation is 1. The van der Waals surface area contributed by atoms with Gasteiger partial charge < -0.3 is 19.9 Å². The van der Waals surface area contributed by atoms with Crippen LogP contribution in [0, 0.1) is 6.92 Å². The fraction of sp³-hybridized carbons (Fsp3) is 0.222. The number of methoxy groups -OCH3 is 3. The van der Waals surface area contributed by atoms with E-state index in [1.165, 1.54) is 39.7 Å². The first kappa shape index (κ1) is 24.7. The Morgan fingerprint density at radius 1 is 1.03 bits per heavy atom. The first-order valence-corrected chi connectivity index (χ1v) is 9.71. The Morgan fingerprint density at radius 2 is 1.63 bits per heavy atom. The van der Waals surface area contributed by atoms with Crippen LogP contribution in [0.15, 0.2) is 51.5 Å². The van der Waals surface area contributed by atoms with E-state index in [1.807, 2.05) is 6.92 Å². The van der Waals surface area contributed by atoms with Crippen molar-refractivity contribution < 1.29 is 32.4 Å². The highest BCUT2D eigenvalue weighted by molar-refractivity contribution is 7.85. The molecule has 2 aromatic carbocycles. The fourth-order valence-corrected chi connectivity index (χ4v) is 2.59. The van der Waals surface area contributed by atoms with Crippen molar-refractivity contribution in [1.82, 2.24) is 5.48 Å². The third-order valence-corrected chi connectivity index (χ3v) is 4.40. The number of hydroxylamine groups is 1. The summed E-state index contributed by atoms with van der Waals surface area (Å²) in [5.74, 6) is 1.22. The Bertz CT molecular complexity index is 990. The number of nitrogens with two attached hydrogens (primary N) is 1. The predicted octanol–water partition coefficient (Wildman–Crippen LogP) is 1.58. The van der Waals surface area contributed by atoms with Gasteiger partial charge >= 0.3 is 0 Å². The summed E-state index contributed by atoms with van der Waals surface area (Å²) >= 11 is 0. The van der Waals surface area contributed by atoms with Crippen LogP contribution in [0.1, 0.15) is 11.1 Å². The maximum Gasteiger partial charge on any atom is 0.294 e. The fourth-order valence-electron chi connectivity index (χ4n) is 2.11. The van der Waals surface area contributed by atoms with E-state index in [9.17, 15) is 8.42 Å². The van der Waals surface area contributed by atoms with Gasteiger partial charge in [0.1, 0.15) is 0 Å². The summed E-state index contributed by atoms with van der Waals surface area (Å²) in [4.78, 5) is -0.0666. The van der Waals surface area contributed by atoms with Crippen molar-refractivity contribution >= 4 is 22.3 Å². The zero-order chi connectivity index (χ0) is 22.7. The van der Waals surface area contributed by atoms with E-state index in [0.29, 0.717) is 22.8 Å². The van der Waals surface area contributed by atoms with E-state index >= 15 is 0 Å². The number of nitrogens with one attached hydrogen (secondary N) is 1. The smallest absolute Gasteiger partial charge is 0.294 e. The van der Waals surface area contributed by atoms with E-state index in [-0.39, 0.29) is 10.9 Å². The monoisotopic (exact) mass is 440 g/mol. The Hall–Kier alpha value is -3.35. The summed E-state index contributed by atoms with van der Waals surface area (Å²) in [5.41, 5.74) is 8.44. The second kappa shape index (κ2) is 11.6. The van der Waals surface area contributed by atoms with Gasteiger partial charge in [0.15, 0.2) is 11.5 Å². The minimum Gasteiger partial charge on any atom is -0.493 e. The summed E-state index contributed by atoms with van der Waals surface area (Å²) in [6.07, 6.45) is 1.41. The largest absolute Gasteiger partial charge is 0.493 e. The van der Waals surface area contributed by atoms with Crippen LogP contribution in [0.2, 0.25) is 0 Å². The second-order valence-corrected chi connectivity index (χ2v) is 6.97. The van der Waals surface area contributed by atoms with Crippen molar-refractivity contribution in [2.24, 2.45) is 15.9 Å². The summed E-state index contributed by atoms with van der Waals surface area (Å²) in [6, 6.07) is 9.42. The normalized spacial score (nSPS) is 11.5. The number of hydrogen-bond acceptors (Lipinski definition) is 8. The molecule has 0 bridgehead atoms. The molecule has 0 amide bonds. The molecule has 0 spiro atoms. The lowest BCUT2D eigenvalue weighted by molar-refractivity contribution is 0.232. The lowest BCUT2D eigenvalue weighted by Gasteiger charge is -2.13. The van der Waals surface area contributed by atoms with Crippen molar-refractivity contribution in [2.45, 2.75) is 11.8 Å². The second-order valence-electron chi connectivity index (χ2n) is 5.55. The molecule has 0 aliphatic heterocycles. The number of ether oxygens (including phenoxy) is 3. The van der Waals surface area contributed by atoms with Crippen LogP contribution in [-0.4, -0.2) is 51.7 Å². The molecule has 11 nitrogen and oxygen atoms in total. The van der Waals surface area contributed by atoms with Gasteiger partial charge in [-0.3, -0.25) is 9.76 Å². The van der Waals surface area contributed by atoms with Crippen LogP contribution in [0.4, 0.5) is 0 Å². The van der Waals surface area contributed by atoms with E-state index in [4.69, 9.17) is 29.7 Å². The van der Waals surface area contributed by atoms with Crippen molar-refractivity contribution in [3.8, 4) is 17.2 Å². The SMILES string of the molecule is COc1ccc(/C=N/N=C(\N)NO)c(OC)c1OC.Cc1ccc(S(=O)(=O)O)cc1. The van der Waals surface area contributed by atoms with E-state index in [2.05, 4.69) is 10.2 Å². The molecule has 0 aliphatic carbocycles. The van der Waals surface area contributed by atoms with Gasteiger partial charge in [-0.15, -0.1) is 5.10 Å². The van der Waals surface area contributed by atoms with E-state index in [0.717, 1.165) is 5.56 Å². The third kappa shape index (κ3) is 7.24. The molecule has 0 saturated heterocycles. The zero-order valence-corrected chi connectivity index (χ0v) is 17.7. The number of hydrogen-bond donors (Lipinski definition) is 4. The van der Waals surface area contributed by atoms with Gasteiger partial charge in [-0.1, -0.05) is 17.7 Å². The number of rotatable bonds is 6. The molecular formula is C18H24N4O7S. The molecule has 0 aromatic heterocycles. The third-order valence-electron chi connectivity index (χ3n) is 3.53. The molecule has 0 saturated carbocycles. The average Bonchev–Trinajstić information content (AvgIpc) is 2.73. The average molecular weight is 440 g/mol. The van der Waals surface area contributed by atoms with Gasteiger partial charge in [0.25, 0.3) is 10.1 Å². The van der Waals surface area contributed by atoms with Crippen LogP contribution in [0.3, 0.4) is 0 Å². The van der Waals surface area contributed by atoms with Gasteiger partial charge in [0, 0.05) is 5.56 Å². The van der Waals surface area contributed by atoms with Gasteiger partial charge in [-0.2, -0.15) is 13.5 Å². The van der Waals surface area contributed by atoms with Crippen LogP contribution < -0.4 is 25.4 Å². The van der Waals surface area contributed by atoms with Crippen molar-refractivity contribution in [3.05, 3.63) is 47.5 Å². The van der Waals surface area contributed by atoms with Gasteiger partial charge in [0.2, 0.25) is 11.7 Å². The minimum absolute atomic E-state index is 0.0666. The van der Waals surface area contributed by atoms with Crippen LogP contribution in [0.5, 0.6) is 17.2 Å². The van der Waals surface area contributed by atoms with Crippen LogP contribution >= 0.6 is 0 Å². The molecule has 0 radical (unpaired) electrons. The first-order chi connectivity index (χ1) is 14.2. The Morgan fingerprint density at radius 3 is 2.10 bits per heavy atom. The Labute approximate surface area is 174 Å². The highest BCUT2D eigenvalue weighted by atomic mass is 32.2. The molecule has 30 heavy (non-hydrogen) atoms. The summed E-state index contributed by atoms with van der Waals surface area (Å²) in [6.45, 7) is 1.84. The zero-order valence-electron chi connectivity index (χ0n) is 16.9. The van der Waals surface area contributed by atoms with Gasteiger partial charge in [-0.25, -0.2) is 5.48 Å². The van der Waals surface area contributed by atoms with Crippen LogP contribution in [0.25, 0.3) is 0 Å². The van der Waals surface area contributed by atoms with Gasteiger partial charge in [0.05, 0.1) is 32.4 Å². The lowest BCUT2D eigenvalue weighted by Crippen LogP contribution is -2.27. The number of guanidine groups is 1. The maximum atomic E-state index is 10.5. The molecule has 0 heterocycles.